The summed E-state index contributed by atoms with van der Waals surface area (Å²) >= 11 is 3.36. The van der Waals surface area contributed by atoms with Gasteiger partial charge in [0.15, 0.2) is 5.78 Å². The number of para-hydroxylation sites is 1. The van der Waals surface area contributed by atoms with E-state index < -0.39 is 0 Å². The maximum absolute atomic E-state index is 12.3. The van der Waals surface area contributed by atoms with Crippen LogP contribution in [0.4, 0.5) is 0 Å². The van der Waals surface area contributed by atoms with Crippen molar-refractivity contribution in [1.82, 2.24) is 0 Å². The largest absolute Gasteiger partial charge is 0.496 e. The highest BCUT2D eigenvalue weighted by atomic mass is 79.9. The van der Waals surface area contributed by atoms with Crippen LogP contribution < -0.4 is 4.74 Å². The van der Waals surface area contributed by atoms with Gasteiger partial charge in [0.05, 0.1) is 12.7 Å². The normalized spacial score (nSPS) is 11.2. The number of halogens is 1. The van der Waals surface area contributed by atoms with Crippen molar-refractivity contribution in [3.05, 3.63) is 70.4 Å². The maximum atomic E-state index is 12.3. The molecule has 0 aliphatic rings. The molecule has 3 nitrogen and oxygen atoms in total. The molecule has 0 aliphatic heterocycles. The van der Waals surface area contributed by atoms with E-state index in [0.29, 0.717) is 17.1 Å². The third-order valence-electron chi connectivity index (χ3n) is 3.27. The summed E-state index contributed by atoms with van der Waals surface area (Å²) in [6.07, 6.45) is 3.16. The predicted octanol–water partition coefficient (Wildman–Crippen LogP) is 5.10. The zero-order valence-corrected chi connectivity index (χ0v) is 13.5. The Morgan fingerprint density at radius 3 is 2.77 bits per heavy atom. The molecule has 0 bridgehead atoms. The summed E-state index contributed by atoms with van der Waals surface area (Å²) in [7, 11) is 1.54. The minimum absolute atomic E-state index is 0.140. The summed E-state index contributed by atoms with van der Waals surface area (Å²) in [6, 6.07) is 15.0. The number of carbonyl (C=O) groups is 1. The van der Waals surface area contributed by atoms with Gasteiger partial charge in [-0.05, 0) is 42.5 Å². The summed E-state index contributed by atoms with van der Waals surface area (Å²) in [6.45, 7) is 0. The number of furan rings is 1. The molecule has 4 heteroatoms. The number of fused-ring (bicyclic) bond motifs is 1. The van der Waals surface area contributed by atoms with Crippen molar-refractivity contribution in [3.63, 3.8) is 0 Å². The van der Waals surface area contributed by atoms with Crippen LogP contribution in [0.1, 0.15) is 16.1 Å². The molecule has 22 heavy (non-hydrogen) atoms. The van der Waals surface area contributed by atoms with Crippen LogP contribution >= 0.6 is 15.9 Å². The fourth-order valence-electron chi connectivity index (χ4n) is 2.20. The molecule has 0 aliphatic carbocycles. The van der Waals surface area contributed by atoms with Crippen molar-refractivity contribution < 1.29 is 13.9 Å². The molecule has 0 radical (unpaired) electrons. The molecule has 0 saturated carbocycles. The summed E-state index contributed by atoms with van der Waals surface area (Å²) in [5.41, 5.74) is 1.30. The van der Waals surface area contributed by atoms with Crippen LogP contribution in [0.15, 0.2) is 63.5 Å². The first-order chi connectivity index (χ1) is 10.7. The average molecular weight is 357 g/mol. The van der Waals surface area contributed by atoms with Gasteiger partial charge in [0.1, 0.15) is 17.1 Å². The smallest absolute Gasteiger partial charge is 0.189 e. The van der Waals surface area contributed by atoms with Crippen LogP contribution in [0.5, 0.6) is 5.75 Å². The van der Waals surface area contributed by atoms with Gasteiger partial charge in [-0.3, -0.25) is 4.79 Å². The topological polar surface area (TPSA) is 39.4 Å². The van der Waals surface area contributed by atoms with E-state index in [2.05, 4.69) is 15.9 Å². The number of ether oxygens (including phenoxy) is 1. The summed E-state index contributed by atoms with van der Waals surface area (Å²) in [5, 5.41) is 1.01. The van der Waals surface area contributed by atoms with E-state index in [-0.39, 0.29) is 5.78 Å². The minimum atomic E-state index is -0.140. The highest BCUT2D eigenvalue weighted by Crippen LogP contribution is 2.24. The first kappa shape index (κ1) is 14.6. The lowest BCUT2D eigenvalue weighted by Gasteiger charge is -2.05. The van der Waals surface area contributed by atoms with Gasteiger partial charge in [0, 0.05) is 9.86 Å². The Morgan fingerprint density at radius 2 is 2.00 bits per heavy atom. The number of allylic oxidation sites excluding steroid dienone is 1. The average Bonchev–Trinajstić information content (AvgIpc) is 2.95. The lowest BCUT2D eigenvalue weighted by Crippen LogP contribution is -1.98. The Labute approximate surface area is 136 Å². The molecule has 0 amide bonds. The van der Waals surface area contributed by atoms with Crippen LogP contribution in [-0.4, -0.2) is 12.9 Å². The molecule has 1 heterocycles. The molecule has 0 N–H and O–H groups in total. The zero-order valence-electron chi connectivity index (χ0n) is 11.9. The van der Waals surface area contributed by atoms with Gasteiger partial charge in [-0.1, -0.05) is 34.1 Å². The van der Waals surface area contributed by atoms with E-state index in [1.807, 2.05) is 36.4 Å². The van der Waals surface area contributed by atoms with E-state index in [1.165, 1.54) is 6.08 Å². The summed E-state index contributed by atoms with van der Waals surface area (Å²) in [4.78, 5) is 12.3. The second-order valence-electron chi connectivity index (χ2n) is 4.73. The van der Waals surface area contributed by atoms with Gasteiger partial charge in [-0.15, -0.1) is 0 Å². The Bertz CT molecular complexity index is 829. The third-order valence-corrected chi connectivity index (χ3v) is 3.76. The monoisotopic (exact) mass is 356 g/mol. The summed E-state index contributed by atoms with van der Waals surface area (Å²) in [5.74, 6) is 1.05. The molecular weight excluding hydrogens is 344 g/mol. The van der Waals surface area contributed by atoms with Crippen molar-refractivity contribution in [2.75, 3.05) is 7.11 Å². The molecule has 1 aromatic heterocycles. The van der Waals surface area contributed by atoms with Crippen LogP contribution in [0.3, 0.4) is 0 Å². The van der Waals surface area contributed by atoms with Crippen molar-refractivity contribution in [3.8, 4) is 5.75 Å². The quantitative estimate of drug-likeness (QED) is 0.482. The number of rotatable bonds is 4. The zero-order chi connectivity index (χ0) is 15.5. The fraction of sp³-hybridized carbons (Fsp3) is 0.0556. The predicted molar refractivity (Wildman–Crippen MR) is 90.3 cm³/mol. The third kappa shape index (κ3) is 2.97. The Balaban J connectivity index is 1.88. The van der Waals surface area contributed by atoms with E-state index in [0.717, 1.165) is 15.4 Å². The maximum Gasteiger partial charge on any atom is 0.189 e. The second kappa shape index (κ2) is 6.20. The lowest BCUT2D eigenvalue weighted by atomic mass is 10.1. The van der Waals surface area contributed by atoms with Crippen molar-refractivity contribution in [2.24, 2.45) is 0 Å². The van der Waals surface area contributed by atoms with Gasteiger partial charge >= 0.3 is 0 Å². The number of hydrogen-bond donors (Lipinski definition) is 0. The highest BCUT2D eigenvalue weighted by molar-refractivity contribution is 9.10. The molecule has 0 atom stereocenters. The SMILES string of the molecule is COc1ccc(Br)cc1C(=O)/C=C/c1cc2ccccc2o1. The molecule has 0 saturated heterocycles. The van der Waals surface area contributed by atoms with Crippen molar-refractivity contribution >= 4 is 38.8 Å². The minimum Gasteiger partial charge on any atom is -0.496 e. The molecule has 3 aromatic rings. The van der Waals surface area contributed by atoms with Crippen LogP contribution in [0, 0.1) is 0 Å². The van der Waals surface area contributed by atoms with Crippen molar-refractivity contribution in [2.45, 2.75) is 0 Å². The molecular formula is C18H13BrO3. The molecule has 0 unspecified atom stereocenters. The van der Waals surface area contributed by atoms with Gasteiger partial charge < -0.3 is 9.15 Å². The molecule has 3 rings (SSSR count). The lowest BCUT2D eigenvalue weighted by molar-refractivity contribution is 0.104. The van der Waals surface area contributed by atoms with E-state index >= 15 is 0 Å². The van der Waals surface area contributed by atoms with Crippen molar-refractivity contribution in [1.29, 1.82) is 0 Å². The van der Waals surface area contributed by atoms with Gasteiger partial charge in [0.25, 0.3) is 0 Å². The number of benzene rings is 2. The first-order valence-corrected chi connectivity index (χ1v) is 7.51. The van der Waals surface area contributed by atoms with E-state index in [1.54, 1.807) is 25.3 Å². The van der Waals surface area contributed by atoms with E-state index in [4.69, 9.17) is 9.15 Å². The first-order valence-electron chi connectivity index (χ1n) is 6.72. The Morgan fingerprint density at radius 1 is 1.18 bits per heavy atom. The Hall–Kier alpha value is -2.33. The fourth-order valence-corrected chi connectivity index (χ4v) is 2.57. The highest BCUT2D eigenvalue weighted by Gasteiger charge is 2.10. The number of hydrogen-bond acceptors (Lipinski definition) is 3. The standard InChI is InChI=1S/C18H13BrO3/c1-21-18-9-6-13(19)11-15(18)16(20)8-7-14-10-12-4-2-3-5-17(12)22-14/h2-11H,1H3/b8-7+. The van der Waals surface area contributed by atoms with Crippen LogP contribution in [0.2, 0.25) is 0 Å². The molecule has 2 aromatic carbocycles. The van der Waals surface area contributed by atoms with E-state index in [9.17, 15) is 4.79 Å². The van der Waals surface area contributed by atoms with Crippen LogP contribution in [-0.2, 0) is 0 Å². The van der Waals surface area contributed by atoms with Gasteiger partial charge in [0.2, 0.25) is 0 Å². The Kier molecular flexibility index (Phi) is 4.11. The second-order valence-corrected chi connectivity index (χ2v) is 5.64. The molecule has 110 valence electrons. The van der Waals surface area contributed by atoms with Gasteiger partial charge in [-0.25, -0.2) is 0 Å². The number of carbonyl (C=O) groups excluding carboxylic acids is 1. The number of ketones is 1. The number of methoxy groups -OCH3 is 1. The van der Waals surface area contributed by atoms with Gasteiger partial charge in [-0.2, -0.15) is 0 Å². The summed E-state index contributed by atoms with van der Waals surface area (Å²) < 4.78 is 11.7. The molecule has 0 spiro atoms. The molecule has 0 fully saturated rings. The van der Waals surface area contributed by atoms with Crippen LogP contribution in [0.25, 0.3) is 17.0 Å².